The molecule has 2 aromatic carbocycles. The first kappa shape index (κ1) is 19.5. The van der Waals surface area contributed by atoms with E-state index in [1.54, 1.807) is 10.5 Å². The van der Waals surface area contributed by atoms with Gasteiger partial charge >= 0.3 is 0 Å². The van der Waals surface area contributed by atoms with E-state index in [-0.39, 0.29) is 17.6 Å². The molecule has 31 heavy (non-hydrogen) atoms. The van der Waals surface area contributed by atoms with E-state index in [1.807, 2.05) is 62.4 Å². The molecule has 0 aliphatic carbocycles. The fraction of sp³-hybridized carbons (Fsp3) is 0.240. The molecule has 0 spiro atoms. The maximum Gasteiger partial charge on any atom is 0.269 e. The van der Waals surface area contributed by atoms with Gasteiger partial charge in [-0.05, 0) is 38.5 Å². The molecule has 3 heterocycles. The average Bonchev–Trinajstić information content (AvgIpc) is 3.12. The van der Waals surface area contributed by atoms with Crippen LogP contribution in [0.1, 0.15) is 30.8 Å². The summed E-state index contributed by atoms with van der Waals surface area (Å²) in [7, 11) is 0. The first-order chi connectivity index (χ1) is 15.1. The highest BCUT2D eigenvalue weighted by molar-refractivity contribution is 6.20. The zero-order valence-corrected chi connectivity index (χ0v) is 17.5. The molecule has 0 radical (unpaired) electrons. The Morgan fingerprint density at radius 2 is 1.74 bits per heavy atom. The minimum atomic E-state index is -0.228. The van der Waals surface area contributed by atoms with Crippen LogP contribution in [-0.2, 0) is 4.74 Å². The third kappa shape index (κ3) is 3.20. The number of para-hydroxylation sites is 1. The molecule has 0 unspecified atom stereocenters. The summed E-state index contributed by atoms with van der Waals surface area (Å²) in [6.45, 7) is 5.08. The number of hydrogen-bond acceptors (Lipinski definition) is 4. The van der Waals surface area contributed by atoms with Crippen molar-refractivity contribution in [2.24, 2.45) is 0 Å². The summed E-state index contributed by atoms with van der Waals surface area (Å²) in [6.07, 6.45) is 0.906. The second-order valence-electron chi connectivity index (χ2n) is 7.98. The molecule has 6 nitrogen and oxygen atoms in total. The number of rotatable bonds is 6. The topological polar surface area (TPSA) is 72.7 Å². The first-order valence-corrected chi connectivity index (χ1v) is 10.5. The number of carbonyl (C=O) groups excluding carboxylic acids is 1. The summed E-state index contributed by atoms with van der Waals surface area (Å²) >= 11 is 0. The number of fused-ring (bicyclic) bond motifs is 5. The summed E-state index contributed by atoms with van der Waals surface area (Å²) in [5.41, 5.74) is 2.52. The molecule has 0 fully saturated rings. The van der Waals surface area contributed by atoms with Crippen LogP contribution in [0.3, 0.4) is 0 Å². The third-order valence-corrected chi connectivity index (χ3v) is 5.56. The number of carbonyl (C=O) groups is 1. The fourth-order valence-corrected chi connectivity index (χ4v) is 4.18. The largest absolute Gasteiger partial charge is 0.379 e. The number of aromatic nitrogens is 2. The number of nitrogens with zero attached hydrogens (tertiary/aromatic N) is 2. The van der Waals surface area contributed by atoms with Gasteiger partial charge < -0.3 is 10.1 Å². The van der Waals surface area contributed by atoms with Gasteiger partial charge in [0.2, 0.25) is 0 Å². The highest BCUT2D eigenvalue weighted by atomic mass is 16.5. The summed E-state index contributed by atoms with van der Waals surface area (Å²) in [5, 5.41) is 6.08. The molecule has 1 amide bonds. The highest BCUT2D eigenvalue weighted by Gasteiger charge is 2.20. The number of nitrogens with one attached hydrogen (secondary N) is 1. The molecule has 0 atom stereocenters. The van der Waals surface area contributed by atoms with Gasteiger partial charge in [-0.3, -0.25) is 14.0 Å². The van der Waals surface area contributed by atoms with E-state index in [4.69, 9.17) is 9.72 Å². The maximum absolute atomic E-state index is 13.3. The van der Waals surface area contributed by atoms with Crippen molar-refractivity contribution in [3.05, 3.63) is 70.6 Å². The molecular weight excluding hydrogens is 390 g/mol. The molecule has 6 heteroatoms. The SMILES string of the molecule is CC(C)OCCCNC(=O)c1cc2c3ccccc3n3c(=O)c4ccccc4c(n1)c23. The van der Waals surface area contributed by atoms with Crippen LogP contribution >= 0.6 is 0 Å². The van der Waals surface area contributed by atoms with Crippen molar-refractivity contribution < 1.29 is 9.53 Å². The van der Waals surface area contributed by atoms with Crippen molar-refractivity contribution in [2.75, 3.05) is 13.2 Å². The lowest BCUT2D eigenvalue weighted by molar-refractivity contribution is 0.0756. The quantitative estimate of drug-likeness (QED) is 0.335. The minimum Gasteiger partial charge on any atom is -0.379 e. The van der Waals surface area contributed by atoms with Crippen molar-refractivity contribution in [1.29, 1.82) is 0 Å². The second kappa shape index (κ2) is 7.63. The van der Waals surface area contributed by atoms with Crippen LogP contribution in [0.5, 0.6) is 0 Å². The lowest BCUT2D eigenvalue weighted by atomic mass is 10.1. The van der Waals surface area contributed by atoms with E-state index < -0.39 is 0 Å². The monoisotopic (exact) mass is 413 g/mol. The van der Waals surface area contributed by atoms with Gasteiger partial charge in [-0.15, -0.1) is 0 Å². The molecular formula is C25H23N3O3. The van der Waals surface area contributed by atoms with Crippen LogP contribution in [-0.4, -0.2) is 34.5 Å². The van der Waals surface area contributed by atoms with Crippen molar-refractivity contribution in [2.45, 2.75) is 26.4 Å². The van der Waals surface area contributed by atoms with E-state index in [2.05, 4.69) is 5.32 Å². The standard InChI is InChI=1S/C25H23N3O3/c1-15(2)31-13-7-12-26-24(29)20-14-19-16-8-5-6-11-21(16)28-23(19)22(27-20)17-9-3-4-10-18(17)25(28)30/h3-6,8-11,14-15H,7,12-13H2,1-2H3,(H,26,29). The number of ether oxygens (including phenoxy) is 1. The second-order valence-corrected chi connectivity index (χ2v) is 7.98. The molecule has 0 aliphatic rings. The Bertz CT molecular complexity index is 1490. The summed E-state index contributed by atoms with van der Waals surface area (Å²) in [5.74, 6) is -0.228. The predicted molar refractivity (Wildman–Crippen MR) is 123 cm³/mol. The van der Waals surface area contributed by atoms with Crippen molar-refractivity contribution in [3.8, 4) is 0 Å². The van der Waals surface area contributed by atoms with Gasteiger partial charge in [0.15, 0.2) is 0 Å². The summed E-state index contributed by atoms with van der Waals surface area (Å²) < 4.78 is 7.25. The van der Waals surface area contributed by atoms with E-state index in [0.29, 0.717) is 29.7 Å². The van der Waals surface area contributed by atoms with Gasteiger partial charge in [-0.1, -0.05) is 36.4 Å². The zero-order chi connectivity index (χ0) is 21.5. The smallest absolute Gasteiger partial charge is 0.269 e. The Labute approximate surface area is 178 Å². The molecule has 0 aliphatic heterocycles. The number of hydrogen-bond donors (Lipinski definition) is 1. The van der Waals surface area contributed by atoms with Crippen LogP contribution in [0.4, 0.5) is 0 Å². The van der Waals surface area contributed by atoms with Crippen LogP contribution in [0.25, 0.3) is 38.1 Å². The summed E-state index contributed by atoms with van der Waals surface area (Å²) in [4.78, 5) is 30.9. The Hall–Kier alpha value is -3.51. The van der Waals surface area contributed by atoms with E-state index >= 15 is 0 Å². The third-order valence-electron chi connectivity index (χ3n) is 5.56. The Balaban J connectivity index is 1.66. The van der Waals surface area contributed by atoms with Gasteiger partial charge in [0.25, 0.3) is 11.5 Å². The van der Waals surface area contributed by atoms with Crippen molar-refractivity contribution >= 4 is 44.0 Å². The van der Waals surface area contributed by atoms with E-state index in [9.17, 15) is 9.59 Å². The van der Waals surface area contributed by atoms with E-state index in [1.165, 1.54) is 0 Å². The number of benzene rings is 2. The van der Waals surface area contributed by atoms with Gasteiger partial charge in [-0.25, -0.2) is 4.98 Å². The fourth-order valence-electron chi connectivity index (χ4n) is 4.18. The molecule has 0 saturated heterocycles. The highest BCUT2D eigenvalue weighted by Crippen LogP contribution is 2.33. The zero-order valence-electron chi connectivity index (χ0n) is 17.5. The van der Waals surface area contributed by atoms with Gasteiger partial charge in [0, 0.05) is 34.7 Å². The van der Waals surface area contributed by atoms with Crippen LogP contribution in [0, 0.1) is 0 Å². The summed E-state index contributed by atoms with van der Waals surface area (Å²) in [6, 6.07) is 17.0. The molecule has 3 aromatic heterocycles. The minimum absolute atomic E-state index is 0.0709. The first-order valence-electron chi connectivity index (χ1n) is 10.5. The van der Waals surface area contributed by atoms with Crippen LogP contribution in [0.2, 0.25) is 0 Å². The lowest BCUT2D eigenvalue weighted by Crippen LogP contribution is -2.26. The van der Waals surface area contributed by atoms with Crippen molar-refractivity contribution in [1.82, 2.24) is 14.7 Å². The average molecular weight is 413 g/mol. The Morgan fingerprint density at radius 3 is 2.52 bits per heavy atom. The molecule has 156 valence electrons. The number of amides is 1. The predicted octanol–water partition coefficient (Wildman–Crippen LogP) is 4.14. The Kier molecular flexibility index (Phi) is 4.79. The lowest BCUT2D eigenvalue weighted by Gasteiger charge is -2.10. The Morgan fingerprint density at radius 1 is 1.03 bits per heavy atom. The molecule has 0 saturated carbocycles. The van der Waals surface area contributed by atoms with Crippen LogP contribution < -0.4 is 10.9 Å². The van der Waals surface area contributed by atoms with Crippen molar-refractivity contribution in [3.63, 3.8) is 0 Å². The molecule has 0 bridgehead atoms. The van der Waals surface area contributed by atoms with Gasteiger partial charge in [0.05, 0.1) is 22.7 Å². The molecule has 5 rings (SSSR count). The normalized spacial score (nSPS) is 12.0. The van der Waals surface area contributed by atoms with E-state index in [0.717, 1.165) is 33.6 Å². The molecule has 5 aromatic rings. The van der Waals surface area contributed by atoms with Crippen LogP contribution in [0.15, 0.2) is 59.4 Å². The van der Waals surface area contributed by atoms with Gasteiger partial charge in [0.1, 0.15) is 5.69 Å². The molecule has 1 N–H and O–H groups in total. The van der Waals surface area contributed by atoms with Gasteiger partial charge in [-0.2, -0.15) is 0 Å². The number of pyridine rings is 2. The maximum atomic E-state index is 13.3.